The van der Waals surface area contributed by atoms with E-state index in [1.165, 1.54) is 12.1 Å². The highest BCUT2D eigenvalue weighted by molar-refractivity contribution is 7.13. The number of hydrogen-bond acceptors (Lipinski definition) is 5. The number of pyridine rings is 1. The molecule has 0 fully saturated rings. The van der Waals surface area contributed by atoms with Crippen molar-refractivity contribution >= 4 is 33.6 Å². The van der Waals surface area contributed by atoms with Crippen LogP contribution in [0.15, 0.2) is 42.2 Å². The zero-order valence-corrected chi connectivity index (χ0v) is 13.4. The molecule has 3 aromatic rings. The van der Waals surface area contributed by atoms with Gasteiger partial charge in [-0.3, -0.25) is 9.97 Å². The van der Waals surface area contributed by atoms with Crippen LogP contribution in [0.2, 0.25) is 5.02 Å². The second-order valence-electron chi connectivity index (χ2n) is 5.00. The van der Waals surface area contributed by atoms with Crippen molar-refractivity contribution in [2.24, 2.45) is 0 Å². The van der Waals surface area contributed by atoms with E-state index < -0.39 is 0 Å². The number of anilines is 2. The number of thiazole rings is 1. The molecular weight excluding hydrogens is 337 g/mol. The number of nitrogens with zero attached hydrogens (tertiary/aromatic N) is 3. The fourth-order valence-corrected chi connectivity index (χ4v) is 3.37. The minimum atomic E-state index is -0.358. The van der Waals surface area contributed by atoms with Gasteiger partial charge in [-0.2, -0.15) is 0 Å². The predicted molar refractivity (Wildman–Crippen MR) is 89.3 cm³/mol. The normalized spacial score (nSPS) is 13.6. The van der Waals surface area contributed by atoms with Crippen molar-refractivity contribution in [3.63, 3.8) is 0 Å². The Hall–Kier alpha value is -2.18. The summed E-state index contributed by atoms with van der Waals surface area (Å²) in [5, 5.41) is 1.48. The molecule has 3 heterocycles. The first-order valence-corrected chi connectivity index (χ1v) is 8.22. The van der Waals surface area contributed by atoms with E-state index in [9.17, 15) is 4.39 Å². The van der Waals surface area contributed by atoms with Crippen LogP contribution in [0.3, 0.4) is 0 Å². The van der Waals surface area contributed by atoms with E-state index in [0.29, 0.717) is 35.2 Å². The van der Waals surface area contributed by atoms with Crippen molar-refractivity contribution in [3.05, 3.63) is 53.0 Å². The summed E-state index contributed by atoms with van der Waals surface area (Å²) in [7, 11) is 0. The molecule has 0 radical (unpaired) electrons. The number of fused-ring (bicyclic) bond motifs is 1. The number of halogens is 2. The Morgan fingerprint density at radius 1 is 1.26 bits per heavy atom. The highest BCUT2D eigenvalue weighted by Gasteiger charge is 2.22. The molecule has 0 aliphatic carbocycles. The van der Waals surface area contributed by atoms with Crippen LogP contribution in [0, 0.1) is 5.82 Å². The first-order valence-electron chi connectivity index (χ1n) is 6.96. The Labute approximate surface area is 141 Å². The minimum absolute atomic E-state index is 0.358. The van der Waals surface area contributed by atoms with E-state index in [1.54, 1.807) is 35.3 Å². The summed E-state index contributed by atoms with van der Waals surface area (Å²) >= 11 is 7.53. The van der Waals surface area contributed by atoms with Gasteiger partial charge in [-0.25, -0.2) is 4.39 Å². The van der Waals surface area contributed by atoms with Crippen molar-refractivity contribution in [2.75, 3.05) is 18.1 Å². The molecule has 2 aromatic heterocycles. The third-order valence-electron chi connectivity index (χ3n) is 3.60. The number of benzene rings is 1. The SMILES string of the molecule is Fc1ccc(Cl)cc1-c1cc2c(cn1)OCCN2c1cncs1. The molecule has 1 aromatic carbocycles. The molecule has 1 aliphatic heterocycles. The van der Waals surface area contributed by atoms with Crippen LogP contribution in [0.4, 0.5) is 15.1 Å². The summed E-state index contributed by atoms with van der Waals surface area (Å²) in [4.78, 5) is 10.5. The Kier molecular flexibility index (Phi) is 3.63. The van der Waals surface area contributed by atoms with E-state index in [-0.39, 0.29) is 5.82 Å². The van der Waals surface area contributed by atoms with Crippen molar-refractivity contribution in [1.82, 2.24) is 9.97 Å². The largest absolute Gasteiger partial charge is 0.488 e. The molecular formula is C16H11ClFN3OS. The quantitative estimate of drug-likeness (QED) is 0.682. The summed E-state index contributed by atoms with van der Waals surface area (Å²) in [6.45, 7) is 1.27. The zero-order chi connectivity index (χ0) is 15.8. The third kappa shape index (κ3) is 2.64. The number of rotatable bonds is 2. The maximum Gasteiger partial charge on any atom is 0.161 e. The monoisotopic (exact) mass is 347 g/mol. The van der Waals surface area contributed by atoms with Gasteiger partial charge in [0.2, 0.25) is 0 Å². The van der Waals surface area contributed by atoms with Crippen LogP contribution in [0.25, 0.3) is 11.3 Å². The molecule has 7 heteroatoms. The molecule has 116 valence electrons. The van der Waals surface area contributed by atoms with E-state index in [1.807, 2.05) is 6.07 Å². The van der Waals surface area contributed by atoms with Gasteiger partial charge in [-0.05, 0) is 24.3 Å². The number of aromatic nitrogens is 2. The van der Waals surface area contributed by atoms with Crippen molar-refractivity contribution < 1.29 is 9.13 Å². The molecule has 0 unspecified atom stereocenters. The van der Waals surface area contributed by atoms with E-state index >= 15 is 0 Å². The average molecular weight is 348 g/mol. The maximum absolute atomic E-state index is 14.1. The lowest BCUT2D eigenvalue weighted by Crippen LogP contribution is -2.28. The smallest absolute Gasteiger partial charge is 0.161 e. The summed E-state index contributed by atoms with van der Waals surface area (Å²) in [5.74, 6) is 0.318. The Balaban J connectivity index is 1.83. The molecule has 4 nitrogen and oxygen atoms in total. The van der Waals surface area contributed by atoms with Crippen molar-refractivity contribution in [1.29, 1.82) is 0 Å². The van der Waals surface area contributed by atoms with Gasteiger partial charge < -0.3 is 9.64 Å². The molecule has 0 bridgehead atoms. The number of ether oxygens (including phenoxy) is 1. The van der Waals surface area contributed by atoms with Crippen LogP contribution >= 0.6 is 22.9 Å². The molecule has 23 heavy (non-hydrogen) atoms. The van der Waals surface area contributed by atoms with Gasteiger partial charge in [0.05, 0.1) is 35.8 Å². The minimum Gasteiger partial charge on any atom is -0.488 e. The molecule has 0 N–H and O–H groups in total. The number of hydrogen-bond donors (Lipinski definition) is 0. The van der Waals surface area contributed by atoms with Crippen molar-refractivity contribution in [3.8, 4) is 17.0 Å². The van der Waals surface area contributed by atoms with E-state index in [4.69, 9.17) is 16.3 Å². The van der Waals surface area contributed by atoms with Gasteiger partial charge in [0.25, 0.3) is 0 Å². The van der Waals surface area contributed by atoms with Crippen LogP contribution < -0.4 is 9.64 Å². The summed E-state index contributed by atoms with van der Waals surface area (Å²) in [5.41, 5.74) is 3.52. The molecule has 0 atom stereocenters. The van der Waals surface area contributed by atoms with E-state index in [2.05, 4.69) is 14.9 Å². The van der Waals surface area contributed by atoms with Crippen LogP contribution in [-0.2, 0) is 0 Å². The lowest BCUT2D eigenvalue weighted by molar-refractivity contribution is 0.313. The maximum atomic E-state index is 14.1. The third-order valence-corrected chi connectivity index (χ3v) is 4.63. The van der Waals surface area contributed by atoms with Gasteiger partial charge in [0.15, 0.2) is 5.75 Å². The summed E-state index contributed by atoms with van der Waals surface area (Å²) in [6, 6.07) is 6.26. The first-order chi connectivity index (χ1) is 11.2. The van der Waals surface area contributed by atoms with Gasteiger partial charge in [0.1, 0.15) is 17.4 Å². The molecule has 0 amide bonds. The topological polar surface area (TPSA) is 38.2 Å². The fourth-order valence-electron chi connectivity index (χ4n) is 2.53. The van der Waals surface area contributed by atoms with Crippen LogP contribution in [0.5, 0.6) is 5.75 Å². The first kappa shape index (κ1) is 14.4. The summed E-state index contributed by atoms with van der Waals surface area (Å²) in [6.07, 6.45) is 3.43. The lowest BCUT2D eigenvalue weighted by Gasteiger charge is -2.29. The molecule has 0 saturated carbocycles. The predicted octanol–water partition coefficient (Wildman–Crippen LogP) is 4.53. The highest BCUT2D eigenvalue weighted by atomic mass is 35.5. The lowest BCUT2D eigenvalue weighted by atomic mass is 10.1. The molecule has 4 rings (SSSR count). The van der Waals surface area contributed by atoms with Gasteiger partial charge >= 0.3 is 0 Å². The Morgan fingerprint density at radius 2 is 2.17 bits per heavy atom. The highest BCUT2D eigenvalue weighted by Crippen LogP contribution is 2.40. The van der Waals surface area contributed by atoms with Gasteiger partial charge in [-0.1, -0.05) is 11.6 Å². The van der Waals surface area contributed by atoms with E-state index in [0.717, 1.165) is 10.7 Å². The molecule has 0 saturated heterocycles. The second-order valence-corrected chi connectivity index (χ2v) is 6.30. The van der Waals surface area contributed by atoms with Crippen LogP contribution in [0.1, 0.15) is 0 Å². The van der Waals surface area contributed by atoms with Gasteiger partial charge in [-0.15, -0.1) is 11.3 Å². The zero-order valence-electron chi connectivity index (χ0n) is 11.9. The van der Waals surface area contributed by atoms with Crippen LogP contribution in [-0.4, -0.2) is 23.1 Å². The van der Waals surface area contributed by atoms with Gasteiger partial charge in [0, 0.05) is 10.6 Å². The Bertz CT molecular complexity index is 857. The second kappa shape index (κ2) is 5.79. The average Bonchev–Trinajstić information content (AvgIpc) is 3.10. The fraction of sp³-hybridized carbons (Fsp3) is 0.125. The summed E-state index contributed by atoms with van der Waals surface area (Å²) < 4.78 is 19.8. The Morgan fingerprint density at radius 3 is 3.00 bits per heavy atom. The van der Waals surface area contributed by atoms with Crippen molar-refractivity contribution in [2.45, 2.75) is 0 Å². The standard InChI is InChI=1S/C16H11ClFN3OS/c17-10-1-2-12(18)11(5-10)13-6-14-15(7-20-13)22-4-3-21(14)16-8-19-9-23-16/h1-2,5-9H,3-4H2. The molecule has 1 aliphatic rings. The molecule has 0 spiro atoms.